The second kappa shape index (κ2) is 11.6. The highest BCUT2D eigenvalue weighted by atomic mass is 35.5. The molecule has 0 bridgehead atoms. The molecule has 41 heavy (non-hydrogen) atoms. The lowest BCUT2D eigenvalue weighted by molar-refractivity contribution is -0.552. The van der Waals surface area contributed by atoms with Crippen molar-refractivity contribution in [1.29, 1.82) is 0 Å². The minimum atomic E-state index is -0.640. The first-order valence-corrected chi connectivity index (χ1v) is 14.4. The minimum absolute atomic E-state index is 0.189. The van der Waals surface area contributed by atoms with E-state index in [1.165, 1.54) is 28.0 Å². The lowest BCUT2D eigenvalue weighted by atomic mass is 9.96. The maximum absolute atomic E-state index is 13.4. The van der Waals surface area contributed by atoms with E-state index in [0.717, 1.165) is 37.6 Å². The number of carbonyl (C=O) groups is 2. The van der Waals surface area contributed by atoms with Gasteiger partial charge in [0.15, 0.2) is 0 Å². The van der Waals surface area contributed by atoms with Crippen LogP contribution in [0.5, 0.6) is 0 Å². The third-order valence-corrected chi connectivity index (χ3v) is 8.46. The van der Waals surface area contributed by atoms with Crippen LogP contribution in [0.3, 0.4) is 0 Å². The predicted octanol–water partition coefficient (Wildman–Crippen LogP) is 3.96. The number of likely N-dealkylation sites (N-methyl/N-ethyl adjacent to an activating group) is 2. The number of piperazine rings is 1. The fraction of sp³-hybridized carbons (Fsp3) is 0.312. The van der Waals surface area contributed by atoms with Crippen LogP contribution in [0.25, 0.3) is 0 Å². The SMILES string of the molecule is CN1C(=O)C2C(=NC(CN3CCN(C(c4ccccc4)c4ccccc4)CC3)=[N+]2Cc2cccc(Cl)c2)N(C)C1=O. The third kappa shape index (κ3) is 5.43. The number of carbonyl (C=O) groups excluding carboxylic acids is 2. The highest BCUT2D eigenvalue weighted by molar-refractivity contribution is 6.30. The van der Waals surface area contributed by atoms with Crippen molar-refractivity contribution in [2.24, 2.45) is 4.99 Å². The van der Waals surface area contributed by atoms with Crippen molar-refractivity contribution in [1.82, 2.24) is 19.6 Å². The van der Waals surface area contributed by atoms with Gasteiger partial charge < -0.3 is 0 Å². The van der Waals surface area contributed by atoms with E-state index in [9.17, 15) is 9.59 Å². The zero-order valence-corrected chi connectivity index (χ0v) is 24.1. The van der Waals surface area contributed by atoms with E-state index in [1.54, 1.807) is 7.05 Å². The summed E-state index contributed by atoms with van der Waals surface area (Å²) in [6, 6.07) is 28.2. The van der Waals surface area contributed by atoms with Crippen LogP contribution in [-0.2, 0) is 11.3 Å². The second-order valence-corrected chi connectivity index (χ2v) is 11.3. The van der Waals surface area contributed by atoms with E-state index in [1.807, 2.05) is 28.8 Å². The van der Waals surface area contributed by atoms with E-state index in [-0.39, 0.29) is 18.0 Å². The number of nitrogens with zero attached hydrogens (tertiary/aromatic N) is 6. The van der Waals surface area contributed by atoms with Crippen LogP contribution in [-0.4, -0.2) is 101 Å². The van der Waals surface area contributed by atoms with E-state index < -0.39 is 6.04 Å². The standard InChI is InChI=1S/C32H34ClN6O2/c1-35-30-29(31(40)36(2)32(35)41)39(21-23-10-9-15-26(33)20-23)27(34-30)22-37-16-18-38(19-17-37)28(24-11-5-3-6-12-24)25-13-7-4-8-14-25/h3-15,20,28-29H,16-19,21-22H2,1-2H3/q+1. The van der Waals surface area contributed by atoms with Gasteiger partial charge >= 0.3 is 11.9 Å². The number of imide groups is 1. The van der Waals surface area contributed by atoms with E-state index in [4.69, 9.17) is 16.6 Å². The van der Waals surface area contributed by atoms with Gasteiger partial charge in [0.05, 0.1) is 6.04 Å². The van der Waals surface area contributed by atoms with Crippen LogP contribution in [0.4, 0.5) is 4.79 Å². The number of rotatable bonds is 7. The Bertz CT molecular complexity index is 1460. The molecule has 0 spiro atoms. The summed E-state index contributed by atoms with van der Waals surface area (Å²) in [5.41, 5.74) is 3.56. The van der Waals surface area contributed by atoms with Gasteiger partial charge in [0, 0.05) is 45.3 Å². The average Bonchev–Trinajstić information content (AvgIpc) is 3.34. The Hall–Kier alpha value is -3.85. The van der Waals surface area contributed by atoms with Crippen molar-refractivity contribution < 1.29 is 14.2 Å². The smallest absolute Gasteiger partial charge is 0.290 e. The average molecular weight is 570 g/mol. The van der Waals surface area contributed by atoms with Crippen molar-refractivity contribution in [2.75, 3.05) is 46.8 Å². The largest absolute Gasteiger partial charge is 0.333 e. The molecule has 9 heteroatoms. The number of urea groups is 1. The molecular formula is C32H34ClN6O2+. The Labute approximate surface area is 245 Å². The number of hydrogen-bond donors (Lipinski definition) is 0. The molecule has 3 aromatic rings. The first kappa shape index (κ1) is 27.3. The Morgan fingerprint density at radius 3 is 2.10 bits per heavy atom. The van der Waals surface area contributed by atoms with E-state index >= 15 is 0 Å². The van der Waals surface area contributed by atoms with Crippen molar-refractivity contribution in [3.05, 3.63) is 107 Å². The predicted molar refractivity (Wildman–Crippen MR) is 160 cm³/mol. The molecule has 1 unspecified atom stereocenters. The molecule has 6 rings (SSSR count). The monoisotopic (exact) mass is 569 g/mol. The number of fused-ring (bicyclic) bond motifs is 1. The Balaban J connectivity index is 1.24. The molecule has 210 valence electrons. The van der Waals surface area contributed by atoms with Crippen LogP contribution in [0.15, 0.2) is 89.9 Å². The molecule has 8 nitrogen and oxygen atoms in total. The van der Waals surface area contributed by atoms with Crippen LogP contribution in [0.2, 0.25) is 5.02 Å². The summed E-state index contributed by atoms with van der Waals surface area (Å²) in [5, 5.41) is 0.645. The number of hydrogen-bond acceptors (Lipinski definition) is 5. The van der Waals surface area contributed by atoms with Crippen LogP contribution in [0.1, 0.15) is 22.7 Å². The van der Waals surface area contributed by atoms with Crippen molar-refractivity contribution in [3.63, 3.8) is 0 Å². The third-order valence-electron chi connectivity index (χ3n) is 8.22. The summed E-state index contributed by atoms with van der Waals surface area (Å²) in [6.07, 6.45) is 0. The van der Waals surface area contributed by atoms with Crippen molar-refractivity contribution >= 4 is 35.2 Å². The normalized spacial score (nSPS) is 20.2. The fourth-order valence-electron chi connectivity index (χ4n) is 6.05. The summed E-state index contributed by atoms with van der Waals surface area (Å²) in [5.74, 6) is 1.02. The summed E-state index contributed by atoms with van der Waals surface area (Å²) < 4.78 is 2.03. The number of halogens is 1. The molecule has 0 N–H and O–H groups in total. The molecule has 0 aromatic heterocycles. The first-order chi connectivity index (χ1) is 19.9. The van der Waals surface area contributed by atoms with Gasteiger partial charge in [-0.3, -0.25) is 24.4 Å². The summed E-state index contributed by atoms with van der Waals surface area (Å²) in [4.78, 5) is 38.6. The van der Waals surface area contributed by atoms with Crippen LogP contribution in [0, 0.1) is 0 Å². The summed E-state index contributed by atoms with van der Waals surface area (Å²) in [6.45, 7) is 4.59. The molecule has 3 aliphatic heterocycles. The molecule has 0 saturated carbocycles. The molecule has 3 aromatic carbocycles. The fourth-order valence-corrected chi connectivity index (χ4v) is 6.27. The van der Waals surface area contributed by atoms with E-state index in [0.29, 0.717) is 23.9 Å². The molecule has 3 amide bonds. The number of amides is 3. The summed E-state index contributed by atoms with van der Waals surface area (Å²) in [7, 11) is 3.21. The Morgan fingerprint density at radius 1 is 0.854 bits per heavy atom. The number of amidine groups is 2. The summed E-state index contributed by atoms with van der Waals surface area (Å²) >= 11 is 6.29. The van der Waals surface area contributed by atoms with Gasteiger partial charge in [-0.15, -0.1) is 0 Å². The maximum Gasteiger partial charge on any atom is 0.333 e. The molecule has 2 fully saturated rings. The van der Waals surface area contributed by atoms with Gasteiger partial charge in [-0.05, 0) is 33.8 Å². The van der Waals surface area contributed by atoms with E-state index in [2.05, 4.69) is 70.5 Å². The van der Waals surface area contributed by atoms with Gasteiger partial charge in [-0.1, -0.05) is 84.4 Å². The zero-order valence-electron chi connectivity index (χ0n) is 23.4. The lowest BCUT2D eigenvalue weighted by Crippen LogP contribution is -2.61. The second-order valence-electron chi connectivity index (χ2n) is 10.8. The minimum Gasteiger partial charge on any atom is -0.290 e. The quantitative estimate of drug-likeness (QED) is 0.404. The maximum atomic E-state index is 13.4. The molecule has 3 aliphatic rings. The number of aliphatic imine (C=N–C) groups is 1. The van der Waals surface area contributed by atoms with Gasteiger partial charge in [-0.25, -0.2) is 9.37 Å². The lowest BCUT2D eigenvalue weighted by Gasteiger charge is -2.39. The molecule has 0 radical (unpaired) electrons. The zero-order chi connectivity index (χ0) is 28.5. The van der Waals surface area contributed by atoms with Crippen LogP contribution < -0.4 is 0 Å². The van der Waals surface area contributed by atoms with Crippen molar-refractivity contribution in [2.45, 2.75) is 18.6 Å². The number of benzene rings is 3. The molecule has 2 saturated heterocycles. The highest BCUT2D eigenvalue weighted by Gasteiger charge is 2.53. The molecular weight excluding hydrogens is 536 g/mol. The van der Waals surface area contributed by atoms with Crippen LogP contribution >= 0.6 is 11.6 Å². The van der Waals surface area contributed by atoms with Gasteiger partial charge in [0.1, 0.15) is 13.1 Å². The Morgan fingerprint density at radius 2 is 1.49 bits per heavy atom. The van der Waals surface area contributed by atoms with Gasteiger partial charge in [0.2, 0.25) is 0 Å². The highest BCUT2D eigenvalue weighted by Crippen LogP contribution is 2.30. The van der Waals surface area contributed by atoms with Crippen molar-refractivity contribution in [3.8, 4) is 0 Å². The van der Waals surface area contributed by atoms with Gasteiger partial charge in [-0.2, -0.15) is 0 Å². The molecule has 0 aliphatic carbocycles. The topological polar surface area (TPSA) is 62.5 Å². The van der Waals surface area contributed by atoms with Gasteiger partial charge in [0.25, 0.3) is 17.8 Å². The molecule has 3 heterocycles. The Kier molecular flexibility index (Phi) is 7.71. The first-order valence-electron chi connectivity index (χ1n) is 14.0. The molecule has 1 atom stereocenters.